The van der Waals surface area contributed by atoms with Crippen LogP contribution in [-0.4, -0.2) is 28.0 Å². The van der Waals surface area contributed by atoms with Gasteiger partial charge in [-0.2, -0.15) is 5.10 Å². The highest BCUT2D eigenvalue weighted by atomic mass is 16.5. The Kier molecular flexibility index (Phi) is 4.78. The monoisotopic (exact) mass is 316 g/mol. The summed E-state index contributed by atoms with van der Waals surface area (Å²) in [6.07, 6.45) is 0.454. The maximum Gasteiger partial charge on any atom is 0.303 e. The first-order valence-corrected chi connectivity index (χ1v) is 7.70. The van der Waals surface area contributed by atoms with Gasteiger partial charge in [-0.05, 0) is 25.0 Å². The van der Waals surface area contributed by atoms with Crippen LogP contribution in [0.15, 0.2) is 24.3 Å². The molecule has 5 heteroatoms. The fraction of sp³-hybridized carbons (Fsp3) is 0.444. The number of carboxylic acid groups (broad SMARTS) is 1. The number of benzene rings is 1. The predicted molar refractivity (Wildman–Crippen MR) is 89.5 cm³/mol. The van der Waals surface area contributed by atoms with E-state index in [0.29, 0.717) is 12.3 Å². The first-order chi connectivity index (χ1) is 10.8. The van der Waals surface area contributed by atoms with Crippen molar-refractivity contribution in [2.45, 2.75) is 46.0 Å². The average Bonchev–Trinajstić information content (AvgIpc) is 2.84. The summed E-state index contributed by atoms with van der Waals surface area (Å²) in [6, 6.07) is 7.93. The van der Waals surface area contributed by atoms with E-state index in [1.54, 1.807) is 11.8 Å². The lowest BCUT2D eigenvalue weighted by molar-refractivity contribution is -0.136. The molecule has 0 atom stereocenters. The maximum atomic E-state index is 11.0. The highest BCUT2D eigenvalue weighted by Gasteiger charge is 2.28. The van der Waals surface area contributed by atoms with E-state index in [0.717, 1.165) is 22.5 Å². The van der Waals surface area contributed by atoms with Crippen molar-refractivity contribution in [3.05, 3.63) is 41.1 Å². The Labute approximate surface area is 136 Å². The summed E-state index contributed by atoms with van der Waals surface area (Å²) in [6.45, 7) is 8.23. The number of carbonyl (C=O) groups is 1. The van der Waals surface area contributed by atoms with Crippen LogP contribution in [0.5, 0.6) is 5.88 Å². The number of nitrogens with zero attached hydrogens (tertiary/aromatic N) is 2. The summed E-state index contributed by atoms with van der Waals surface area (Å²) in [7, 11) is 1.60. The number of carboxylic acids is 1. The summed E-state index contributed by atoms with van der Waals surface area (Å²) in [5.41, 5.74) is 3.56. The zero-order chi connectivity index (χ0) is 17.2. The molecule has 2 rings (SSSR count). The topological polar surface area (TPSA) is 64.3 Å². The third-order valence-corrected chi connectivity index (χ3v) is 3.77. The molecule has 0 aliphatic carbocycles. The van der Waals surface area contributed by atoms with Crippen molar-refractivity contribution in [1.29, 1.82) is 0 Å². The van der Waals surface area contributed by atoms with Crippen LogP contribution in [0.3, 0.4) is 0 Å². The lowest BCUT2D eigenvalue weighted by Gasteiger charge is -2.17. The summed E-state index contributed by atoms with van der Waals surface area (Å²) in [5.74, 6) is -0.207. The summed E-state index contributed by atoms with van der Waals surface area (Å²) < 4.78 is 7.39. The lowest BCUT2D eigenvalue weighted by atomic mass is 9.88. The van der Waals surface area contributed by atoms with Crippen molar-refractivity contribution in [2.24, 2.45) is 0 Å². The molecule has 0 aliphatic heterocycles. The van der Waals surface area contributed by atoms with Crippen LogP contribution in [0.4, 0.5) is 0 Å². The Morgan fingerprint density at radius 1 is 1.30 bits per heavy atom. The van der Waals surface area contributed by atoms with Gasteiger partial charge in [0.1, 0.15) is 0 Å². The van der Waals surface area contributed by atoms with Crippen LogP contribution in [0.2, 0.25) is 0 Å². The molecule has 2 aromatic rings. The molecular formula is C18H24N2O3. The molecule has 0 saturated heterocycles. The van der Waals surface area contributed by atoms with Crippen LogP contribution in [-0.2, 0) is 16.6 Å². The molecule has 5 nitrogen and oxygen atoms in total. The molecule has 23 heavy (non-hydrogen) atoms. The van der Waals surface area contributed by atoms with E-state index in [1.165, 1.54) is 0 Å². The van der Waals surface area contributed by atoms with Gasteiger partial charge in [0.25, 0.3) is 0 Å². The molecule has 1 aromatic heterocycles. The summed E-state index contributed by atoms with van der Waals surface area (Å²) >= 11 is 0. The Morgan fingerprint density at radius 2 is 1.96 bits per heavy atom. The van der Waals surface area contributed by atoms with Gasteiger partial charge < -0.3 is 9.84 Å². The third-order valence-electron chi connectivity index (χ3n) is 3.77. The average molecular weight is 316 g/mol. The molecule has 0 amide bonds. The summed E-state index contributed by atoms with van der Waals surface area (Å²) in [4.78, 5) is 11.0. The number of ether oxygens (including phenoxy) is 1. The van der Waals surface area contributed by atoms with Gasteiger partial charge in [0, 0.05) is 17.4 Å². The number of rotatable bonds is 5. The standard InChI is InChI=1S/C18H24N2O3/c1-12-8-6-7-9-14(12)20-17(23-5)13(10-11-15(21)22)16(19-20)18(2,3)4/h6-9H,10-11H2,1-5H3,(H,21,22). The highest BCUT2D eigenvalue weighted by molar-refractivity contribution is 5.67. The quantitative estimate of drug-likeness (QED) is 0.917. The molecule has 1 heterocycles. The second kappa shape index (κ2) is 6.44. The molecule has 0 spiro atoms. The SMILES string of the molecule is COc1c(CCC(=O)O)c(C(C)(C)C)nn1-c1ccccc1C. The second-order valence-electron chi connectivity index (χ2n) is 6.68. The van der Waals surface area contributed by atoms with Crippen molar-refractivity contribution >= 4 is 5.97 Å². The van der Waals surface area contributed by atoms with Crippen LogP contribution < -0.4 is 4.74 Å². The Morgan fingerprint density at radius 3 is 2.48 bits per heavy atom. The van der Waals surface area contributed by atoms with E-state index < -0.39 is 5.97 Å². The van der Waals surface area contributed by atoms with Crippen LogP contribution >= 0.6 is 0 Å². The smallest absolute Gasteiger partial charge is 0.303 e. The van der Waals surface area contributed by atoms with Crippen molar-refractivity contribution in [2.75, 3.05) is 7.11 Å². The van der Waals surface area contributed by atoms with Gasteiger partial charge >= 0.3 is 5.97 Å². The minimum atomic E-state index is -0.824. The molecule has 1 aromatic carbocycles. The van der Waals surface area contributed by atoms with Gasteiger partial charge in [-0.15, -0.1) is 0 Å². The molecule has 124 valence electrons. The number of hydrogen-bond donors (Lipinski definition) is 1. The first-order valence-electron chi connectivity index (χ1n) is 7.70. The van der Waals surface area contributed by atoms with Crippen molar-refractivity contribution in [3.8, 4) is 11.6 Å². The molecular weight excluding hydrogens is 292 g/mol. The predicted octanol–water partition coefficient (Wildman–Crippen LogP) is 3.50. The Hall–Kier alpha value is -2.30. The number of methoxy groups -OCH3 is 1. The molecule has 1 N–H and O–H groups in total. The minimum absolute atomic E-state index is 0.0545. The zero-order valence-corrected chi connectivity index (χ0v) is 14.4. The third kappa shape index (κ3) is 3.55. The van der Waals surface area contributed by atoms with Gasteiger partial charge in [0.2, 0.25) is 5.88 Å². The molecule has 0 saturated carbocycles. The number of para-hydroxylation sites is 1. The van der Waals surface area contributed by atoms with Gasteiger partial charge in [-0.25, -0.2) is 4.68 Å². The number of aliphatic carboxylic acids is 1. The molecule has 0 radical (unpaired) electrons. The van der Waals surface area contributed by atoms with E-state index in [1.807, 2.05) is 31.2 Å². The molecule has 0 unspecified atom stereocenters. The Balaban J connectivity index is 2.64. The van der Waals surface area contributed by atoms with Crippen LogP contribution in [0.1, 0.15) is 44.0 Å². The van der Waals surface area contributed by atoms with Gasteiger partial charge in [0.15, 0.2) is 0 Å². The van der Waals surface area contributed by atoms with E-state index in [-0.39, 0.29) is 11.8 Å². The van der Waals surface area contributed by atoms with Gasteiger partial charge in [0.05, 0.1) is 18.5 Å². The largest absolute Gasteiger partial charge is 0.481 e. The normalized spacial score (nSPS) is 11.5. The van der Waals surface area contributed by atoms with E-state index in [4.69, 9.17) is 14.9 Å². The summed E-state index contributed by atoms with van der Waals surface area (Å²) in [5, 5.41) is 13.8. The second-order valence-corrected chi connectivity index (χ2v) is 6.68. The van der Waals surface area contributed by atoms with Crippen molar-refractivity contribution < 1.29 is 14.6 Å². The molecule has 0 fully saturated rings. The highest BCUT2D eigenvalue weighted by Crippen LogP contribution is 2.34. The van der Waals surface area contributed by atoms with Crippen molar-refractivity contribution in [3.63, 3.8) is 0 Å². The van der Waals surface area contributed by atoms with Crippen LogP contribution in [0, 0.1) is 6.92 Å². The first kappa shape index (κ1) is 17.1. The molecule has 0 aliphatic rings. The van der Waals surface area contributed by atoms with Crippen molar-refractivity contribution in [1.82, 2.24) is 9.78 Å². The lowest BCUT2D eigenvalue weighted by Crippen LogP contribution is -2.15. The van der Waals surface area contributed by atoms with E-state index >= 15 is 0 Å². The zero-order valence-electron chi connectivity index (χ0n) is 14.4. The van der Waals surface area contributed by atoms with E-state index in [9.17, 15) is 4.79 Å². The maximum absolute atomic E-state index is 11.0. The number of hydrogen-bond acceptors (Lipinski definition) is 3. The Bertz CT molecular complexity index is 712. The minimum Gasteiger partial charge on any atom is -0.481 e. The fourth-order valence-electron chi connectivity index (χ4n) is 2.67. The van der Waals surface area contributed by atoms with Gasteiger partial charge in [-0.1, -0.05) is 39.0 Å². The number of aryl methyl sites for hydroxylation is 1. The molecule has 0 bridgehead atoms. The van der Waals surface area contributed by atoms with E-state index in [2.05, 4.69) is 20.8 Å². The number of aromatic nitrogens is 2. The fourth-order valence-corrected chi connectivity index (χ4v) is 2.67. The van der Waals surface area contributed by atoms with Crippen LogP contribution in [0.25, 0.3) is 5.69 Å². The van der Waals surface area contributed by atoms with Gasteiger partial charge in [-0.3, -0.25) is 4.79 Å².